The molecule has 1 heterocycles. The van der Waals surface area contributed by atoms with Crippen molar-refractivity contribution in [3.05, 3.63) is 95.0 Å². The summed E-state index contributed by atoms with van der Waals surface area (Å²) in [5, 5.41) is 20.3. The van der Waals surface area contributed by atoms with E-state index in [1.807, 2.05) is 60.7 Å². The molecule has 0 unspecified atom stereocenters. The Morgan fingerprint density at radius 3 is 1.88 bits per heavy atom. The highest BCUT2D eigenvalue weighted by atomic mass is 32.2. The highest BCUT2D eigenvalue weighted by molar-refractivity contribution is 7.99. The molecule has 4 aromatic rings. The molecule has 0 fully saturated rings. The number of nitrogens with zero attached hydrogens (tertiary/aromatic N) is 4. The molecular weight excluding hydrogens is 454 g/mol. The fourth-order valence-corrected chi connectivity index (χ4v) is 3.52. The Kier molecular flexibility index (Phi) is 7.25. The van der Waals surface area contributed by atoms with Crippen molar-refractivity contribution in [2.45, 2.75) is 5.16 Å². The van der Waals surface area contributed by atoms with Crippen LogP contribution < -0.4 is 16.0 Å². The van der Waals surface area contributed by atoms with Crippen LogP contribution >= 0.6 is 11.8 Å². The van der Waals surface area contributed by atoms with Crippen LogP contribution in [0, 0.1) is 10.1 Å². The lowest BCUT2D eigenvalue weighted by Gasteiger charge is -2.10. The molecule has 0 atom stereocenters. The molecule has 0 bridgehead atoms. The minimum atomic E-state index is -0.544. The first-order chi connectivity index (χ1) is 16.6. The predicted molar refractivity (Wildman–Crippen MR) is 132 cm³/mol. The molecule has 0 spiro atoms. The van der Waals surface area contributed by atoms with E-state index in [1.54, 1.807) is 6.07 Å². The lowest BCUT2D eigenvalue weighted by molar-refractivity contribution is -0.383. The largest absolute Gasteiger partial charge is 0.324 e. The maximum atomic E-state index is 12.5. The smallest absolute Gasteiger partial charge is 0.292 e. The second-order valence-electron chi connectivity index (χ2n) is 6.86. The monoisotopic (exact) mass is 473 g/mol. The average Bonchev–Trinajstić information content (AvgIpc) is 2.84. The molecule has 0 saturated carbocycles. The van der Waals surface area contributed by atoms with E-state index in [4.69, 9.17) is 0 Å². The number of anilines is 5. The molecule has 170 valence electrons. The van der Waals surface area contributed by atoms with Crippen LogP contribution in [0.15, 0.2) is 90.1 Å². The molecule has 0 aliphatic carbocycles. The summed E-state index contributed by atoms with van der Waals surface area (Å²) in [6, 6.07) is 24.8. The van der Waals surface area contributed by atoms with Crippen LogP contribution in [0.2, 0.25) is 0 Å². The number of thioether (sulfide) groups is 1. The van der Waals surface area contributed by atoms with E-state index < -0.39 is 10.8 Å². The van der Waals surface area contributed by atoms with Gasteiger partial charge in [0.15, 0.2) is 5.16 Å². The summed E-state index contributed by atoms with van der Waals surface area (Å²) in [6.07, 6.45) is 0. The standard InChI is InChI=1S/C23H19N7O3S/c31-20(26-18-13-7-8-14-19(18)30(32)33)15-34-23-28-21(24-16-9-3-1-4-10-16)27-22(29-23)25-17-11-5-2-6-12-17/h1-14H,15H2,(H,26,31)(H2,24,25,27,28,29). The van der Waals surface area contributed by atoms with Crippen LogP contribution in [0.4, 0.5) is 34.6 Å². The number of aromatic nitrogens is 3. The normalized spacial score (nSPS) is 10.4. The molecule has 1 amide bonds. The molecule has 11 heteroatoms. The van der Waals surface area contributed by atoms with E-state index >= 15 is 0 Å². The third-order valence-corrected chi connectivity index (χ3v) is 5.23. The van der Waals surface area contributed by atoms with Crippen molar-refractivity contribution < 1.29 is 9.72 Å². The highest BCUT2D eigenvalue weighted by Crippen LogP contribution is 2.25. The number of carbonyl (C=O) groups is 1. The number of benzene rings is 3. The van der Waals surface area contributed by atoms with Gasteiger partial charge in [-0.2, -0.15) is 15.0 Å². The number of rotatable bonds is 9. The molecule has 0 aliphatic rings. The quantitative estimate of drug-likeness (QED) is 0.174. The number of nitro groups is 1. The van der Waals surface area contributed by atoms with Crippen LogP contribution in [-0.2, 0) is 4.79 Å². The molecule has 1 aromatic heterocycles. The Bertz CT molecular complexity index is 1230. The Balaban J connectivity index is 1.50. The summed E-state index contributed by atoms with van der Waals surface area (Å²) in [5.74, 6) is 0.142. The van der Waals surface area contributed by atoms with E-state index in [9.17, 15) is 14.9 Å². The van der Waals surface area contributed by atoms with Crippen LogP contribution in [0.3, 0.4) is 0 Å². The molecule has 3 aromatic carbocycles. The summed E-state index contributed by atoms with van der Waals surface area (Å²) >= 11 is 1.09. The molecule has 0 aliphatic heterocycles. The Morgan fingerprint density at radius 1 is 0.794 bits per heavy atom. The number of nitrogens with one attached hydrogen (secondary N) is 3. The molecular formula is C23H19N7O3S. The zero-order valence-corrected chi connectivity index (χ0v) is 18.5. The van der Waals surface area contributed by atoms with Crippen molar-refractivity contribution in [1.82, 2.24) is 15.0 Å². The summed E-state index contributed by atoms with van der Waals surface area (Å²) in [4.78, 5) is 36.3. The number of hydrogen-bond acceptors (Lipinski definition) is 9. The zero-order chi connectivity index (χ0) is 23.8. The van der Waals surface area contributed by atoms with E-state index in [2.05, 4.69) is 30.9 Å². The summed E-state index contributed by atoms with van der Waals surface area (Å²) in [6.45, 7) is 0. The van der Waals surface area contributed by atoms with Gasteiger partial charge in [0.2, 0.25) is 17.8 Å². The first-order valence-corrected chi connectivity index (χ1v) is 11.1. The van der Waals surface area contributed by atoms with E-state index in [0.717, 1.165) is 23.1 Å². The Hall–Kier alpha value is -4.51. The molecule has 3 N–H and O–H groups in total. The first kappa shape index (κ1) is 22.7. The van der Waals surface area contributed by atoms with Crippen LogP contribution in [0.5, 0.6) is 0 Å². The lowest BCUT2D eigenvalue weighted by Crippen LogP contribution is -2.15. The van der Waals surface area contributed by atoms with Gasteiger partial charge in [0.1, 0.15) is 5.69 Å². The molecule has 4 rings (SSSR count). The number of hydrogen-bond donors (Lipinski definition) is 3. The minimum Gasteiger partial charge on any atom is -0.324 e. The molecule has 0 radical (unpaired) electrons. The van der Waals surface area contributed by atoms with Crippen molar-refractivity contribution in [1.29, 1.82) is 0 Å². The van der Waals surface area contributed by atoms with E-state index in [0.29, 0.717) is 17.1 Å². The highest BCUT2D eigenvalue weighted by Gasteiger charge is 2.16. The summed E-state index contributed by atoms with van der Waals surface area (Å²) in [5.41, 5.74) is 1.55. The maximum absolute atomic E-state index is 12.5. The van der Waals surface area contributed by atoms with Gasteiger partial charge in [0, 0.05) is 17.4 Å². The van der Waals surface area contributed by atoms with Gasteiger partial charge >= 0.3 is 0 Å². The Labute approximate surface area is 199 Å². The van der Waals surface area contributed by atoms with Crippen LogP contribution in [0.1, 0.15) is 0 Å². The molecule has 10 nitrogen and oxygen atoms in total. The SMILES string of the molecule is O=C(CSc1nc(Nc2ccccc2)nc(Nc2ccccc2)n1)Nc1ccccc1[N+](=O)[O-]. The van der Waals surface area contributed by atoms with E-state index in [-0.39, 0.29) is 17.1 Å². The lowest BCUT2D eigenvalue weighted by atomic mass is 10.2. The van der Waals surface area contributed by atoms with Gasteiger partial charge in [-0.1, -0.05) is 60.3 Å². The van der Waals surface area contributed by atoms with Gasteiger partial charge in [0.25, 0.3) is 5.69 Å². The van der Waals surface area contributed by atoms with Crippen LogP contribution in [-0.4, -0.2) is 31.5 Å². The minimum absolute atomic E-state index is 0.0500. The third kappa shape index (κ3) is 6.26. The van der Waals surface area contributed by atoms with Gasteiger partial charge in [-0.15, -0.1) is 0 Å². The topological polar surface area (TPSA) is 135 Å². The van der Waals surface area contributed by atoms with Gasteiger partial charge in [-0.3, -0.25) is 14.9 Å². The fourth-order valence-electron chi connectivity index (χ4n) is 2.89. The van der Waals surface area contributed by atoms with Crippen molar-refractivity contribution in [2.24, 2.45) is 0 Å². The van der Waals surface area contributed by atoms with Gasteiger partial charge in [0.05, 0.1) is 10.7 Å². The van der Waals surface area contributed by atoms with Crippen molar-refractivity contribution >= 4 is 52.3 Å². The van der Waals surface area contributed by atoms with Gasteiger partial charge < -0.3 is 16.0 Å². The van der Waals surface area contributed by atoms with Crippen molar-refractivity contribution in [3.8, 4) is 0 Å². The molecule has 0 saturated heterocycles. The zero-order valence-electron chi connectivity index (χ0n) is 17.7. The van der Waals surface area contributed by atoms with Gasteiger partial charge in [-0.25, -0.2) is 0 Å². The number of carbonyl (C=O) groups excluding carboxylic acids is 1. The number of amides is 1. The third-order valence-electron chi connectivity index (χ3n) is 4.38. The van der Waals surface area contributed by atoms with E-state index in [1.165, 1.54) is 18.2 Å². The summed E-state index contributed by atoms with van der Waals surface area (Å²) in [7, 11) is 0. The van der Waals surface area contributed by atoms with Crippen molar-refractivity contribution in [2.75, 3.05) is 21.7 Å². The predicted octanol–water partition coefficient (Wildman–Crippen LogP) is 5.00. The summed E-state index contributed by atoms with van der Waals surface area (Å²) < 4.78 is 0. The molecule has 34 heavy (non-hydrogen) atoms. The second-order valence-corrected chi connectivity index (χ2v) is 7.80. The average molecular weight is 474 g/mol. The second kappa shape index (κ2) is 10.9. The van der Waals surface area contributed by atoms with Crippen LogP contribution in [0.25, 0.3) is 0 Å². The van der Waals surface area contributed by atoms with Crippen molar-refractivity contribution in [3.63, 3.8) is 0 Å². The van der Waals surface area contributed by atoms with Gasteiger partial charge in [-0.05, 0) is 30.3 Å². The number of para-hydroxylation sites is 4. The Morgan fingerprint density at radius 2 is 1.32 bits per heavy atom. The maximum Gasteiger partial charge on any atom is 0.292 e. The fraction of sp³-hybridized carbons (Fsp3) is 0.0435. The first-order valence-electron chi connectivity index (χ1n) is 10.1. The number of nitro benzene ring substituents is 1.